The molecule has 0 atom stereocenters. The summed E-state index contributed by atoms with van der Waals surface area (Å²) in [6, 6.07) is 13.3. The van der Waals surface area contributed by atoms with Crippen molar-refractivity contribution in [2.45, 2.75) is 12.8 Å². The Labute approximate surface area is 167 Å². The maximum Gasteiger partial charge on any atom is 0.229 e. The number of hydrogen-bond acceptors (Lipinski definition) is 4. The molecule has 1 aromatic heterocycles. The standard InChI is InChI=1S/C20H17ClN2O2S2/c1-27(24,25)23-15-6-2-4-13(10-15)11-16-19-14(5-3-7-17(19)21)8-9-18-20(16)26-12-22-18/h2-7,10-12,23H,8-9H2,1H3. The number of aryl methyl sites for hydroxylation is 2. The van der Waals surface area contributed by atoms with Crippen LogP contribution in [0.3, 0.4) is 0 Å². The van der Waals surface area contributed by atoms with Gasteiger partial charge in [0.15, 0.2) is 0 Å². The van der Waals surface area contributed by atoms with Gasteiger partial charge in [0, 0.05) is 21.8 Å². The Morgan fingerprint density at radius 2 is 2.00 bits per heavy atom. The summed E-state index contributed by atoms with van der Waals surface area (Å²) in [6.45, 7) is 0. The molecule has 0 fully saturated rings. The topological polar surface area (TPSA) is 59.1 Å². The summed E-state index contributed by atoms with van der Waals surface area (Å²) >= 11 is 8.18. The molecule has 7 heteroatoms. The molecule has 1 aliphatic rings. The van der Waals surface area contributed by atoms with Gasteiger partial charge in [-0.05, 0) is 48.2 Å². The molecule has 1 heterocycles. The Morgan fingerprint density at radius 1 is 1.19 bits per heavy atom. The first-order valence-electron chi connectivity index (χ1n) is 8.41. The number of fused-ring (bicyclic) bond motifs is 2. The number of nitrogens with zero attached hydrogens (tertiary/aromatic N) is 1. The van der Waals surface area contributed by atoms with Crippen LogP contribution in [-0.2, 0) is 22.9 Å². The van der Waals surface area contributed by atoms with E-state index in [1.54, 1.807) is 17.4 Å². The molecule has 0 saturated heterocycles. The molecular weight excluding hydrogens is 400 g/mol. The van der Waals surface area contributed by atoms with Gasteiger partial charge in [-0.1, -0.05) is 35.9 Å². The summed E-state index contributed by atoms with van der Waals surface area (Å²) in [7, 11) is -3.33. The highest BCUT2D eigenvalue weighted by atomic mass is 35.5. The predicted octanol–water partition coefficient (Wildman–Crippen LogP) is 4.86. The van der Waals surface area contributed by atoms with Gasteiger partial charge < -0.3 is 0 Å². The number of benzene rings is 2. The van der Waals surface area contributed by atoms with Crippen LogP contribution in [-0.4, -0.2) is 19.7 Å². The highest BCUT2D eigenvalue weighted by Crippen LogP contribution is 2.40. The Bertz CT molecular complexity index is 1150. The van der Waals surface area contributed by atoms with E-state index >= 15 is 0 Å². The SMILES string of the molecule is CS(=O)(=O)Nc1cccc(C=C2c3scnc3CCc3cccc(Cl)c32)c1. The number of anilines is 1. The molecule has 0 amide bonds. The van der Waals surface area contributed by atoms with Crippen molar-refractivity contribution in [1.29, 1.82) is 0 Å². The molecule has 0 unspecified atom stereocenters. The van der Waals surface area contributed by atoms with Gasteiger partial charge in [0.25, 0.3) is 0 Å². The van der Waals surface area contributed by atoms with Crippen molar-refractivity contribution < 1.29 is 8.42 Å². The molecule has 3 aromatic rings. The Kier molecular flexibility index (Phi) is 4.80. The normalized spacial score (nSPS) is 15.1. The number of hydrogen-bond donors (Lipinski definition) is 1. The lowest BCUT2D eigenvalue weighted by molar-refractivity contribution is 0.607. The zero-order valence-corrected chi connectivity index (χ0v) is 17.0. The number of nitrogens with one attached hydrogen (secondary N) is 1. The highest BCUT2D eigenvalue weighted by molar-refractivity contribution is 7.92. The van der Waals surface area contributed by atoms with Crippen LogP contribution >= 0.6 is 22.9 Å². The summed E-state index contributed by atoms with van der Waals surface area (Å²) in [6.07, 6.45) is 4.96. The molecule has 2 aromatic carbocycles. The molecule has 0 bridgehead atoms. The van der Waals surface area contributed by atoms with E-state index in [-0.39, 0.29) is 0 Å². The van der Waals surface area contributed by atoms with E-state index in [0.717, 1.165) is 46.4 Å². The van der Waals surface area contributed by atoms with Gasteiger partial charge >= 0.3 is 0 Å². The summed E-state index contributed by atoms with van der Waals surface area (Å²) in [4.78, 5) is 5.64. The number of aromatic nitrogens is 1. The number of halogens is 1. The molecule has 4 nitrogen and oxygen atoms in total. The molecule has 1 aliphatic carbocycles. The van der Waals surface area contributed by atoms with Crippen molar-refractivity contribution in [3.8, 4) is 0 Å². The van der Waals surface area contributed by atoms with E-state index in [1.165, 1.54) is 5.56 Å². The van der Waals surface area contributed by atoms with E-state index in [4.69, 9.17) is 11.6 Å². The zero-order valence-electron chi connectivity index (χ0n) is 14.6. The van der Waals surface area contributed by atoms with E-state index in [1.807, 2.05) is 35.8 Å². The van der Waals surface area contributed by atoms with Crippen LogP contribution in [0.25, 0.3) is 11.6 Å². The van der Waals surface area contributed by atoms with Crippen LogP contribution in [0.2, 0.25) is 5.02 Å². The molecule has 0 saturated carbocycles. The molecule has 138 valence electrons. The lowest BCUT2D eigenvalue weighted by atomic mass is 9.97. The van der Waals surface area contributed by atoms with Crippen LogP contribution in [0, 0.1) is 0 Å². The third-order valence-electron chi connectivity index (χ3n) is 4.39. The zero-order chi connectivity index (χ0) is 19.0. The van der Waals surface area contributed by atoms with Crippen LogP contribution in [0.4, 0.5) is 5.69 Å². The maximum absolute atomic E-state index is 11.5. The second-order valence-electron chi connectivity index (χ2n) is 6.46. The average Bonchev–Trinajstić information content (AvgIpc) is 3.00. The first-order valence-corrected chi connectivity index (χ1v) is 11.6. The first-order chi connectivity index (χ1) is 12.9. The highest BCUT2D eigenvalue weighted by Gasteiger charge is 2.22. The van der Waals surface area contributed by atoms with E-state index in [2.05, 4.69) is 21.8 Å². The molecule has 1 N–H and O–H groups in total. The van der Waals surface area contributed by atoms with Crippen LogP contribution in [0.15, 0.2) is 48.0 Å². The summed E-state index contributed by atoms with van der Waals surface area (Å²) in [5, 5.41) is 0.713. The molecule has 27 heavy (non-hydrogen) atoms. The van der Waals surface area contributed by atoms with Crippen molar-refractivity contribution in [2.75, 3.05) is 11.0 Å². The number of rotatable bonds is 3. The summed E-state index contributed by atoms with van der Waals surface area (Å²) < 4.78 is 25.6. The minimum absolute atomic E-state index is 0.532. The Balaban J connectivity index is 1.88. The van der Waals surface area contributed by atoms with E-state index in [9.17, 15) is 8.42 Å². The second-order valence-corrected chi connectivity index (χ2v) is 9.47. The van der Waals surface area contributed by atoms with Gasteiger partial charge in [-0.25, -0.2) is 13.4 Å². The molecule has 0 spiro atoms. The van der Waals surface area contributed by atoms with Gasteiger partial charge in [-0.3, -0.25) is 4.72 Å². The fourth-order valence-corrected chi connectivity index (χ4v) is 5.04. The van der Waals surface area contributed by atoms with Crippen molar-refractivity contribution >= 4 is 50.3 Å². The Hall–Kier alpha value is -2.15. The lowest BCUT2D eigenvalue weighted by Gasteiger charge is -2.12. The predicted molar refractivity (Wildman–Crippen MR) is 113 cm³/mol. The largest absolute Gasteiger partial charge is 0.284 e. The summed E-state index contributed by atoms with van der Waals surface area (Å²) in [5.74, 6) is 0. The van der Waals surface area contributed by atoms with E-state index < -0.39 is 10.0 Å². The van der Waals surface area contributed by atoms with Crippen molar-refractivity contribution in [2.24, 2.45) is 0 Å². The van der Waals surface area contributed by atoms with Gasteiger partial charge in [-0.15, -0.1) is 11.3 Å². The van der Waals surface area contributed by atoms with Gasteiger partial charge in [0.1, 0.15) is 0 Å². The van der Waals surface area contributed by atoms with Crippen LogP contribution in [0.1, 0.15) is 27.3 Å². The van der Waals surface area contributed by atoms with Gasteiger partial charge in [0.2, 0.25) is 10.0 Å². The second kappa shape index (κ2) is 7.11. The van der Waals surface area contributed by atoms with Crippen molar-refractivity contribution in [3.05, 3.63) is 80.3 Å². The average molecular weight is 417 g/mol. The molecule has 0 aliphatic heterocycles. The van der Waals surface area contributed by atoms with E-state index in [0.29, 0.717) is 10.7 Å². The third kappa shape index (κ3) is 3.93. The lowest BCUT2D eigenvalue weighted by Crippen LogP contribution is -2.09. The smallest absolute Gasteiger partial charge is 0.229 e. The summed E-state index contributed by atoms with van der Waals surface area (Å²) in [5.41, 5.74) is 7.62. The molecular formula is C20H17ClN2O2S2. The fraction of sp³-hybridized carbons (Fsp3) is 0.150. The number of sulfonamides is 1. The number of thiazole rings is 1. The van der Waals surface area contributed by atoms with Gasteiger partial charge in [-0.2, -0.15) is 0 Å². The fourth-order valence-electron chi connectivity index (χ4n) is 3.32. The van der Waals surface area contributed by atoms with Crippen LogP contribution < -0.4 is 4.72 Å². The van der Waals surface area contributed by atoms with Gasteiger partial charge in [0.05, 0.1) is 22.3 Å². The first kappa shape index (κ1) is 18.2. The minimum Gasteiger partial charge on any atom is -0.284 e. The third-order valence-corrected chi connectivity index (χ3v) is 6.21. The minimum atomic E-state index is -3.33. The molecule has 4 rings (SSSR count). The Morgan fingerprint density at radius 3 is 2.81 bits per heavy atom. The van der Waals surface area contributed by atoms with Crippen molar-refractivity contribution in [1.82, 2.24) is 4.98 Å². The maximum atomic E-state index is 11.5. The van der Waals surface area contributed by atoms with Crippen LogP contribution in [0.5, 0.6) is 0 Å². The monoisotopic (exact) mass is 416 g/mol. The molecule has 0 radical (unpaired) electrons. The quantitative estimate of drug-likeness (QED) is 0.663. The van der Waals surface area contributed by atoms with Crippen molar-refractivity contribution in [3.63, 3.8) is 0 Å².